The second-order valence-electron chi connectivity index (χ2n) is 3.50. The number of rotatable bonds is 4. The lowest BCUT2D eigenvalue weighted by atomic mass is 10.1. The van der Waals surface area contributed by atoms with E-state index < -0.39 is 11.9 Å². The number of hydrogen-bond acceptors (Lipinski definition) is 3. The van der Waals surface area contributed by atoms with Gasteiger partial charge in [0, 0.05) is 22.8 Å². The van der Waals surface area contributed by atoms with Crippen LogP contribution >= 0.6 is 27.3 Å². The summed E-state index contributed by atoms with van der Waals surface area (Å²) in [6, 6.07) is 1.83. The van der Waals surface area contributed by atoms with Crippen molar-refractivity contribution in [3.05, 3.63) is 15.9 Å². The minimum Gasteiger partial charge on any atom is -0.481 e. The zero-order chi connectivity index (χ0) is 12.3. The van der Waals surface area contributed by atoms with Gasteiger partial charge in [-0.3, -0.25) is 9.59 Å². The van der Waals surface area contributed by atoms with E-state index in [0.717, 1.165) is 9.47 Å². The van der Waals surface area contributed by atoms with Crippen LogP contribution in [-0.2, 0) is 9.59 Å². The number of carbonyl (C=O) groups is 2. The zero-order valence-electron chi connectivity index (χ0n) is 8.94. The van der Waals surface area contributed by atoms with E-state index in [4.69, 9.17) is 5.11 Å². The molecule has 0 saturated carbocycles. The first-order valence-corrected chi connectivity index (χ1v) is 6.32. The van der Waals surface area contributed by atoms with Crippen molar-refractivity contribution in [2.24, 2.45) is 5.92 Å². The lowest BCUT2D eigenvalue weighted by molar-refractivity contribution is -0.140. The van der Waals surface area contributed by atoms with E-state index in [9.17, 15) is 9.59 Å². The number of carboxylic acid groups (broad SMARTS) is 1. The molecule has 0 spiro atoms. The standard InChI is InChI=1S/C10H12BrNO3S/c1-6(3-9(13)14)10(15)12(2)8-4-7(11)5-16-8/h4-6H,3H2,1-2H3,(H,13,14). The van der Waals surface area contributed by atoms with Gasteiger partial charge in [-0.1, -0.05) is 6.92 Å². The Labute approximate surface area is 106 Å². The summed E-state index contributed by atoms with van der Waals surface area (Å²) in [5, 5.41) is 11.3. The number of nitrogens with zero attached hydrogens (tertiary/aromatic N) is 1. The zero-order valence-corrected chi connectivity index (χ0v) is 11.3. The Morgan fingerprint density at radius 2 is 2.25 bits per heavy atom. The molecular weight excluding hydrogens is 294 g/mol. The lowest BCUT2D eigenvalue weighted by Gasteiger charge is -2.18. The molecule has 0 aromatic carbocycles. The quantitative estimate of drug-likeness (QED) is 0.930. The molecule has 0 aliphatic rings. The van der Waals surface area contributed by atoms with E-state index in [-0.39, 0.29) is 12.3 Å². The van der Waals surface area contributed by atoms with Crippen LogP contribution in [0.15, 0.2) is 15.9 Å². The number of anilines is 1. The topological polar surface area (TPSA) is 57.6 Å². The Kier molecular flexibility index (Phi) is 4.49. The summed E-state index contributed by atoms with van der Waals surface area (Å²) in [5.41, 5.74) is 0. The highest BCUT2D eigenvalue weighted by molar-refractivity contribution is 9.10. The van der Waals surface area contributed by atoms with Crippen molar-refractivity contribution in [1.29, 1.82) is 0 Å². The maximum Gasteiger partial charge on any atom is 0.304 e. The molecule has 16 heavy (non-hydrogen) atoms. The highest BCUT2D eigenvalue weighted by Crippen LogP contribution is 2.28. The van der Waals surface area contributed by atoms with Gasteiger partial charge in [0.05, 0.1) is 11.4 Å². The molecule has 1 aromatic rings. The van der Waals surface area contributed by atoms with E-state index in [1.807, 2.05) is 11.4 Å². The summed E-state index contributed by atoms with van der Waals surface area (Å²) in [6.45, 7) is 1.62. The molecule has 0 aliphatic heterocycles. The van der Waals surface area contributed by atoms with Crippen LogP contribution in [0.4, 0.5) is 5.00 Å². The Bertz CT molecular complexity index is 405. The third kappa shape index (κ3) is 3.31. The maximum atomic E-state index is 11.8. The molecular formula is C10H12BrNO3S. The number of halogens is 1. The summed E-state index contributed by atoms with van der Waals surface area (Å²) in [4.78, 5) is 23.8. The van der Waals surface area contributed by atoms with Crippen LogP contribution in [0.3, 0.4) is 0 Å². The summed E-state index contributed by atoms with van der Waals surface area (Å²) in [6.07, 6.45) is -0.143. The summed E-state index contributed by atoms with van der Waals surface area (Å²) in [7, 11) is 1.65. The SMILES string of the molecule is CC(CC(=O)O)C(=O)N(C)c1cc(Br)cs1. The molecule has 0 bridgehead atoms. The molecule has 1 N–H and O–H groups in total. The van der Waals surface area contributed by atoms with Crippen LogP contribution in [0.5, 0.6) is 0 Å². The molecule has 1 atom stereocenters. The lowest BCUT2D eigenvalue weighted by Crippen LogP contribution is -2.32. The van der Waals surface area contributed by atoms with Crippen molar-refractivity contribution in [3.63, 3.8) is 0 Å². The number of aliphatic carboxylic acids is 1. The van der Waals surface area contributed by atoms with Crippen LogP contribution in [0, 0.1) is 5.92 Å². The molecule has 1 heterocycles. The average Bonchev–Trinajstić information content (AvgIpc) is 2.61. The maximum absolute atomic E-state index is 11.8. The van der Waals surface area contributed by atoms with Crippen LogP contribution in [0.2, 0.25) is 0 Å². The number of hydrogen-bond donors (Lipinski definition) is 1. The van der Waals surface area contributed by atoms with E-state index in [1.54, 1.807) is 14.0 Å². The van der Waals surface area contributed by atoms with Crippen molar-refractivity contribution < 1.29 is 14.7 Å². The van der Waals surface area contributed by atoms with Gasteiger partial charge < -0.3 is 10.0 Å². The third-order valence-electron chi connectivity index (χ3n) is 2.12. The Morgan fingerprint density at radius 3 is 2.69 bits per heavy atom. The van der Waals surface area contributed by atoms with Crippen LogP contribution in [-0.4, -0.2) is 24.0 Å². The van der Waals surface area contributed by atoms with Gasteiger partial charge >= 0.3 is 5.97 Å². The normalized spacial score (nSPS) is 12.2. The Morgan fingerprint density at radius 1 is 1.62 bits per heavy atom. The Balaban J connectivity index is 2.70. The predicted molar refractivity (Wildman–Crippen MR) is 66.8 cm³/mol. The molecule has 1 rings (SSSR count). The van der Waals surface area contributed by atoms with Crippen molar-refractivity contribution >= 4 is 44.1 Å². The second kappa shape index (κ2) is 5.45. The molecule has 0 aliphatic carbocycles. The minimum absolute atomic E-state index is 0.143. The van der Waals surface area contributed by atoms with Crippen molar-refractivity contribution in [2.75, 3.05) is 11.9 Å². The molecule has 0 saturated heterocycles. The van der Waals surface area contributed by atoms with Gasteiger partial charge in [-0.05, 0) is 22.0 Å². The molecule has 1 aromatic heterocycles. The average molecular weight is 306 g/mol. The number of carboxylic acids is 1. The fourth-order valence-corrected chi connectivity index (χ4v) is 2.66. The smallest absolute Gasteiger partial charge is 0.304 e. The first-order chi connectivity index (χ1) is 7.41. The van der Waals surface area contributed by atoms with Gasteiger partial charge in [-0.25, -0.2) is 0 Å². The largest absolute Gasteiger partial charge is 0.481 e. The fourth-order valence-electron chi connectivity index (χ4n) is 1.27. The molecule has 1 amide bonds. The monoisotopic (exact) mass is 305 g/mol. The fraction of sp³-hybridized carbons (Fsp3) is 0.400. The summed E-state index contributed by atoms with van der Waals surface area (Å²) < 4.78 is 0.915. The van der Waals surface area contributed by atoms with Crippen LogP contribution in [0.25, 0.3) is 0 Å². The summed E-state index contributed by atoms with van der Waals surface area (Å²) >= 11 is 4.74. The van der Waals surface area contributed by atoms with Gasteiger partial charge in [0.1, 0.15) is 0 Å². The van der Waals surface area contributed by atoms with Crippen LogP contribution < -0.4 is 4.90 Å². The van der Waals surface area contributed by atoms with E-state index in [0.29, 0.717) is 0 Å². The van der Waals surface area contributed by atoms with Gasteiger partial charge in [0.25, 0.3) is 0 Å². The molecule has 0 fully saturated rings. The van der Waals surface area contributed by atoms with E-state index in [2.05, 4.69) is 15.9 Å². The van der Waals surface area contributed by atoms with Crippen molar-refractivity contribution in [2.45, 2.75) is 13.3 Å². The van der Waals surface area contributed by atoms with Crippen LogP contribution in [0.1, 0.15) is 13.3 Å². The van der Waals surface area contributed by atoms with Gasteiger partial charge in [0.15, 0.2) is 0 Å². The summed E-state index contributed by atoms with van der Waals surface area (Å²) in [5.74, 6) is -1.65. The molecule has 88 valence electrons. The molecule has 4 nitrogen and oxygen atoms in total. The highest BCUT2D eigenvalue weighted by Gasteiger charge is 2.21. The number of carbonyl (C=O) groups excluding carboxylic acids is 1. The van der Waals surface area contributed by atoms with Gasteiger partial charge in [0.2, 0.25) is 5.91 Å². The first-order valence-electron chi connectivity index (χ1n) is 4.65. The first kappa shape index (κ1) is 13.2. The predicted octanol–water partition coefficient (Wildman–Crippen LogP) is 2.58. The van der Waals surface area contributed by atoms with Gasteiger partial charge in [-0.15, -0.1) is 11.3 Å². The Hall–Kier alpha value is -0.880. The number of amides is 1. The highest BCUT2D eigenvalue weighted by atomic mass is 79.9. The van der Waals surface area contributed by atoms with E-state index >= 15 is 0 Å². The van der Waals surface area contributed by atoms with Crippen molar-refractivity contribution in [1.82, 2.24) is 0 Å². The minimum atomic E-state index is -0.957. The third-order valence-corrected chi connectivity index (χ3v) is 3.88. The molecule has 0 radical (unpaired) electrons. The van der Waals surface area contributed by atoms with Gasteiger partial charge in [-0.2, -0.15) is 0 Å². The van der Waals surface area contributed by atoms with E-state index in [1.165, 1.54) is 16.2 Å². The number of thiophene rings is 1. The molecule has 1 unspecified atom stereocenters. The second-order valence-corrected chi connectivity index (χ2v) is 5.30. The molecule has 6 heteroatoms. The van der Waals surface area contributed by atoms with Crippen molar-refractivity contribution in [3.8, 4) is 0 Å².